The molecule has 1 heterocycles. The van der Waals surface area contributed by atoms with Gasteiger partial charge in [-0.1, -0.05) is 0 Å². The molecular formula is C17H14FN3O3S. The number of nitrogens with one attached hydrogen (secondary N) is 1. The van der Waals surface area contributed by atoms with Gasteiger partial charge in [0.25, 0.3) is 5.91 Å². The van der Waals surface area contributed by atoms with Crippen LogP contribution in [0.3, 0.4) is 0 Å². The molecule has 2 aromatic carbocycles. The maximum atomic E-state index is 13.0. The van der Waals surface area contributed by atoms with Crippen LogP contribution >= 0.6 is 0 Å². The second kappa shape index (κ2) is 6.48. The summed E-state index contributed by atoms with van der Waals surface area (Å²) in [5, 5.41) is 2.68. The van der Waals surface area contributed by atoms with Crippen molar-refractivity contribution in [1.29, 1.82) is 0 Å². The van der Waals surface area contributed by atoms with Gasteiger partial charge in [-0.25, -0.2) is 17.8 Å². The van der Waals surface area contributed by atoms with Gasteiger partial charge in [-0.3, -0.25) is 9.36 Å². The minimum absolute atomic E-state index is 0.168. The fourth-order valence-corrected chi connectivity index (χ4v) is 2.88. The molecule has 0 aliphatic heterocycles. The molecule has 1 aromatic heterocycles. The molecule has 0 aliphatic carbocycles. The van der Waals surface area contributed by atoms with Crippen molar-refractivity contribution in [2.75, 3.05) is 11.6 Å². The number of halogens is 1. The number of carbonyl (C=O) groups is 1. The number of rotatable bonds is 4. The van der Waals surface area contributed by atoms with Gasteiger partial charge in [-0.2, -0.15) is 0 Å². The first-order valence-corrected chi connectivity index (χ1v) is 9.13. The van der Waals surface area contributed by atoms with Crippen LogP contribution < -0.4 is 5.32 Å². The Labute approximate surface area is 143 Å². The number of amides is 1. The van der Waals surface area contributed by atoms with Crippen molar-refractivity contribution < 1.29 is 17.6 Å². The zero-order valence-electron chi connectivity index (χ0n) is 13.2. The third-order valence-corrected chi connectivity index (χ3v) is 4.64. The van der Waals surface area contributed by atoms with Gasteiger partial charge in [-0.05, 0) is 48.5 Å². The van der Waals surface area contributed by atoms with E-state index in [1.54, 1.807) is 0 Å². The second-order valence-corrected chi connectivity index (χ2v) is 7.39. The summed E-state index contributed by atoms with van der Waals surface area (Å²) in [4.78, 5) is 16.6. The number of hydrogen-bond donors (Lipinski definition) is 1. The zero-order chi connectivity index (χ0) is 18.0. The summed E-state index contributed by atoms with van der Waals surface area (Å²) in [5.74, 6) is -0.797. The molecule has 1 amide bonds. The SMILES string of the molecule is CS(=O)(=O)c1ccc(NC(=O)c2cncn2-c2ccc(F)cc2)cc1. The highest BCUT2D eigenvalue weighted by molar-refractivity contribution is 7.90. The van der Waals surface area contributed by atoms with E-state index in [1.807, 2.05) is 0 Å². The van der Waals surface area contributed by atoms with E-state index < -0.39 is 15.7 Å². The number of nitrogens with zero attached hydrogens (tertiary/aromatic N) is 2. The molecule has 0 saturated heterocycles. The van der Waals surface area contributed by atoms with Crippen LogP contribution in [-0.2, 0) is 9.84 Å². The smallest absolute Gasteiger partial charge is 0.274 e. The van der Waals surface area contributed by atoms with E-state index in [4.69, 9.17) is 0 Å². The van der Waals surface area contributed by atoms with Gasteiger partial charge in [0.2, 0.25) is 0 Å². The van der Waals surface area contributed by atoms with Gasteiger partial charge < -0.3 is 5.32 Å². The molecule has 0 atom stereocenters. The molecule has 0 radical (unpaired) electrons. The average Bonchev–Trinajstić information content (AvgIpc) is 3.05. The predicted octanol–water partition coefficient (Wildman–Crippen LogP) is 2.67. The molecule has 8 heteroatoms. The molecule has 0 spiro atoms. The number of benzene rings is 2. The average molecular weight is 359 g/mol. The molecule has 0 aliphatic rings. The first-order valence-electron chi connectivity index (χ1n) is 7.24. The largest absolute Gasteiger partial charge is 0.321 e. The van der Waals surface area contributed by atoms with E-state index >= 15 is 0 Å². The molecule has 3 rings (SSSR count). The van der Waals surface area contributed by atoms with E-state index in [2.05, 4.69) is 10.3 Å². The lowest BCUT2D eigenvalue weighted by Crippen LogP contribution is -2.16. The lowest BCUT2D eigenvalue weighted by Gasteiger charge is -2.09. The first kappa shape index (κ1) is 16.8. The highest BCUT2D eigenvalue weighted by atomic mass is 32.2. The number of sulfone groups is 1. The third kappa shape index (κ3) is 3.74. The Bertz CT molecular complexity index is 1010. The maximum absolute atomic E-state index is 13.0. The lowest BCUT2D eigenvalue weighted by molar-refractivity contribution is 0.102. The van der Waals surface area contributed by atoms with E-state index in [0.29, 0.717) is 11.4 Å². The molecule has 1 N–H and O–H groups in total. The summed E-state index contributed by atoms with van der Waals surface area (Å²) >= 11 is 0. The van der Waals surface area contributed by atoms with Crippen LogP contribution in [0.15, 0.2) is 66.0 Å². The highest BCUT2D eigenvalue weighted by Gasteiger charge is 2.14. The van der Waals surface area contributed by atoms with Crippen molar-refractivity contribution in [1.82, 2.24) is 9.55 Å². The molecule has 25 heavy (non-hydrogen) atoms. The van der Waals surface area contributed by atoms with Gasteiger partial charge in [0.05, 0.1) is 17.4 Å². The van der Waals surface area contributed by atoms with Gasteiger partial charge in [0.15, 0.2) is 9.84 Å². The van der Waals surface area contributed by atoms with Gasteiger partial charge >= 0.3 is 0 Å². The zero-order valence-corrected chi connectivity index (χ0v) is 14.0. The summed E-state index contributed by atoms with van der Waals surface area (Å²) in [6.07, 6.45) is 3.96. The summed E-state index contributed by atoms with van der Waals surface area (Å²) in [6.45, 7) is 0. The van der Waals surface area contributed by atoms with Crippen LogP contribution in [0.1, 0.15) is 10.5 Å². The minimum atomic E-state index is -3.29. The maximum Gasteiger partial charge on any atom is 0.274 e. The summed E-state index contributed by atoms with van der Waals surface area (Å²) in [7, 11) is -3.29. The van der Waals surface area contributed by atoms with Crippen molar-refractivity contribution in [3.63, 3.8) is 0 Å². The summed E-state index contributed by atoms with van der Waals surface area (Å²) < 4.78 is 37.5. The van der Waals surface area contributed by atoms with Gasteiger partial charge in [-0.15, -0.1) is 0 Å². The summed E-state index contributed by atoms with van der Waals surface area (Å²) in [5.41, 5.74) is 1.31. The highest BCUT2D eigenvalue weighted by Crippen LogP contribution is 2.17. The van der Waals surface area contributed by atoms with E-state index in [9.17, 15) is 17.6 Å². The van der Waals surface area contributed by atoms with Crippen molar-refractivity contribution >= 4 is 21.4 Å². The topological polar surface area (TPSA) is 81.1 Å². The van der Waals surface area contributed by atoms with E-state index in [1.165, 1.54) is 65.6 Å². The molecule has 3 aromatic rings. The number of hydrogen-bond acceptors (Lipinski definition) is 4. The standard InChI is InChI=1S/C17H14FN3O3S/c1-25(23,24)15-8-4-13(5-9-15)20-17(22)16-10-19-11-21(16)14-6-2-12(18)3-7-14/h2-11H,1H3,(H,20,22). The predicted molar refractivity (Wildman–Crippen MR) is 91.0 cm³/mol. The Morgan fingerprint density at radius 3 is 2.32 bits per heavy atom. The van der Waals surface area contributed by atoms with Crippen molar-refractivity contribution in [2.45, 2.75) is 4.90 Å². The normalized spacial score (nSPS) is 11.3. The Morgan fingerprint density at radius 2 is 1.72 bits per heavy atom. The number of anilines is 1. The molecular weight excluding hydrogens is 345 g/mol. The van der Waals surface area contributed by atoms with Crippen LogP contribution in [0.25, 0.3) is 5.69 Å². The third-order valence-electron chi connectivity index (χ3n) is 3.52. The fraction of sp³-hybridized carbons (Fsp3) is 0.0588. The second-order valence-electron chi connectivity index (χ2n) is 5.38. The lowest BCUT2D eigenvalue weighted by atomic mass is 10.3. The quantitative estimate of drug-likeness (QED) is 0.776. The Kier molecular flexibility index (Phi) is 4.37. The molecule has 0 saturated carbocycles. The monoisotopic (exact) mass is 359 g/mol. The van der Waals surface area contributed by atoms with Crippen LogP contribution in [0, 0.1) is 5.82 Å². The van der Waals surface area contributed by atoms with Gasteiger partial charge in [0, 0.05) is 17.6 Å². The molecule has 6 nitrogen and oxygen atoms in total. The Hall–Kier alpha value is -3.00. The Balaban J connectivity index is 1.83. The van der Waals surface area contributed by atoms with E-state index in [0.717, 1.165) is 6.26 Å². The van der Waals surface area contributed by atoms with Crippen molar-refractivity contribution in [3.8, 4) is 5.69 Å². The van der Waals surface area contributed by atoms with Crippen LogP contribution in [0.4, 0.5) is 10.1 Å². The van der Waals surface area contributed by atoms with E-state index in [-0.39, 0.29) is 16.4 Å². The van der Waals surface area contributed by atoms with Crippen molar-refractivity contribution in [2.24, 2.45) is 0 Å². The van der Waals surface area contributed by atoms with Crippen molar-refractivity contribution in [3.05, 3.63) is 72.6 Å². The summed E-state index contributed by atoms with van der Waals surface area (Å²) in [6, 6.07) is 11.5. The van der Waals surface area contributed by atoms with Crippen LogP contribution in [0.2, 0.25) is 0 Å². The number of aromatic nitrogens is 2. The fourth-order valence-electron chi connectivity index (χ4n) is 2.25. The Morgan fingerprint density at radius 1 is 1.08 bits per heavy atom. The minimum Gasteiger partial charge on any atom is -0.321 e. The molecule has 0 fully saturated rings. The number of imidazole rings is 1. The molecule has 0 bridgehead atoms. The van der Waals surface area contributed by atoms with Gasteiger partial charge in [0.1, 0.15) is 11.5 Å². The molecule has 128 valence electrons. The van der Waals surface area contributed by atoms with Crippen LogP contribution in [-0.4, -0.2) is 30.1 Å². The van der Waals surface area contributed by atoms with Crippen LogP contribution in [0.5, 0.6) is 0 Å². The molecule has 0 unspecified atom stereocenters. The first-order chi connectivity index (χ1) is 11.8. The number of carbonyl (C=O) groups excluding carboxylic acids is 1.